The van der Waals surface area contributed by atoms with E-state index in [1.54, 1.807) is 12.1 Å². The highest BCUT2D eigenvalue weighted by Crippen LogP contribution is 2.31. The summed E-state index contributed by atoms with van der Waals surface area (Å²) < 4.78 is 0. The Bertz CT molecular complexity index is 949. The van der Waals surface area contributed by atoms with Crippen molar-refractivity contribution in [1.82, 2.24) is 4.90 Å². The second-order valence-corrected chi connectivity index (χ2v) is 7.54. The molecule has 2 aliphatic rings. The van der Waals surface area contributed by atoms with Gasteiger partial charge in [-0.1, -0.05) is 36.4 Å². The van der Waals surface area contributed by atoms with Crippen LogP contribution < -0.4 is 0 Å². The predicted molar refractivity (Wildman–Crippen MR) is 104 cm³/mol. The number of amides is 1. The second kappa shape index (κ2) is 7.58. The molecule has 0 aromatic heterocycles. The average Bonchev–Trinajstić information content (AvgIpc) is 3.18. The van der Waals surface area contributed by atoms with E-state index in [2.05, 4.69) is 0 Å². The highest BCUT2D eigenvalue weighted by molar-refractivity contribution is 5.98. The summed E-state index contributed by atoms with van der Waals surface area (Å²) >= 11 is 0. The molecule has 28 heavy (non-hydrogen) atoms. The first-order chi connectivity index (χ1) is 13.5. The number of aliphatic carboxylic acids is 1. The lowest BCUT2D eigenvalue weighted by molar-refractivity contribution is -0.151. The van der Waals surface area contributed by atoms with Crippen molar-refractivity contribution < 1.29 is 19.5 Å². The highest BCUT2D eigenvalue weighted by Gasteiger charge is 2.35. The van der Waals surface area contributed by atoms with E-state index in [0.29, 0.717) is 24.1 Å². The summed E-state index contributed by atoms with van der Waals surface area (Å²) in [6.45, 7) is 0.361. The van der Waals surface area contributed by atoms with Crippen LogP contribution >= 0.6 is 0 Å². The number of ketones is 1. The van der Waals surface area contributed by atoms with Crippen LogP contribution in [0.1, 0.15) is 57.9 Å². The van der Waals surface area contributed by atoms with Gasteiger partial charge < -0.3 is 10.0 Å². The van der Waals surface area contributed by atoms with Gasteiger partial charge >= 0.3 is 5.97 Å². The fourth-order valence-electron chi connectivity index (χ4n) is 4.36. The molecule has 1 unspecified atom stereocenters. The zero-order chi connectivity index (χ0) is 19.7. The number of rotatable bonds is 5. The van der Waals surface area contributed by atoms with Crippen molar-refractivity contribution in [2.75, 3.05) is 6.54 Å². The molecule has 5 nitrogen and oxygen atoms in total. The highest BCUT2D eigenvalue weighted by atomic mass is 16.4. The summed E-state index contributed by atoms with van der Waals surface area (Å²) in [7, 11) is 0. The van der Waals surface area contributed by atoms with Crippen LogP contribution in [0.3, 0.4) is 0 Å². The van der Waals surface area contributed by atoms with E-state index in [1.165, 1.54) is 16.0 Å². The van der Waals surface area contributed by atoms with E-state index >= 15 is 0 Å². The maximum Gasteiger partial charge on any atom is 0.331 e. The first-order valence-electron chi connectivity index (χ1n) is 9.79. The van der Waals surface area contributed by atoms with E-state index in [4.69, 9.17) is 0 Å². The number of hydrogen-bond donors (Lipinski definition) is 1. The number of carboxylic acid groups (broad SMARTS) is 1. The van der Waals surface area contributed by atoms with Crippen LogP contribution in [-0.2, 0) is 28.9 Å². The summed E-state index contributed by atoms with van der Waals surface area (Å²) in [4.78, 5) is 38.6. The van der Waals surface area contributed by atoms with Crippen LogP contribution in [0.4, 0.5) is 0 Å². The van der Waals surface area contributed by atoms with Gasteiger partial charge in [0, 0.05) is 24.9 Å². The Balaban J connectivity index is 1.44. The number of Topliss-reactive ketones (excluding diaryl/α,β-unsaturated/α-hetero) is 1. The molecule has 2 aromatic rings. The van der Waals surface area contributed by atoms with Crippen LogP contribution in [0.2, 0.25) is 0 Å². The maximum absolute atomic E-state index is 12.8. The van der Waals surface area contributed by atoms with Crippen molar-refractivity contribution in [2.24, 2.45) is 0 Å². The molecule has 1 aliphatic heterocycles. The predicted octanol–water partition coefficient (Wildman–Crippen LogP) is 3.35. The van der Waals surface area contributed by atoms with Crippen molar-refractivity contribution in [3.05, 3.63) is 70.3 Å². The second-order valence-electron chi connectivity index (χ2n) is 7.54. The van der Waals surface area contributed by atoms with Gasteiger partial charge in [0.15, 0.2) is 11.8 Å². The lowest BCUT2D eigenvalue weighted by atomic mass is 9.92. The third-order valence-corrected chi connectivity index (χ3v) is 5.82. The molecule has 2 aromatic carbocycles. The molecule has 0 radical (unpaired) electrons. The Morgan fingerprint density at radius 2 is 1.71 bits per heavy atom. The van der Waals surface area contributed by atoms with Crippen LogP contribution in [-0.4, -0.2) is 34.2 Å². The van der Waals surface area contributed by atoms with Gasteiger partial charge in [0.2, 0.25) is 5.91 Å². The Kier molecular flexibility index (Phi) is 4.99. The van der Waals surface area contributed by atoms with Crippen LogP contribution in [0.5, 0.6) is 0 Å². The Morgan fingerprint density at radius 1 is 0.929 bits per heavy atom. The third kappa shape index (κ3) is 3.44. The molecule has 0 saturated carbocycles. The fourth-order valence-corrected chi connectivity index (χ4v) is 4.36. The van der Waals surface area contributed by atoms with Gasteiger partial charge in [-0.05, 0) is 54.0 Å². The molecule has 0 bridgehead atoms. The number of aryl methyl sites for hydroxylation is 2. The number of carboxylic acids is 1. The molecule has 0 saturated heterocycles. The molecule has 4 rings (SSSR count). The largest absolute Gasteiger partial charge is 0.479 e. The lowest BCUT2D eigenvalue weighted by Gasteiger charge is -2.34. The minimum atomic E-state index is -1.04. The van der Waals surface area contributed by atoms with Gasteiger partial charge in [0.05, 0.1) is 0 Å². The summed E-state index contributed by atoms with van der Waals surface area (Å²) in [5.41, 5.74) is 4.82. The van der Waals surface area contributed by atoms with Crippen molar-refractivity contribution in [2.45, 2.75) is 44.6 Å². The van der Waals surface area contributed by atoms with Crippen molar-refractivity contribution in [3.8, 4) is 0 Å². The third-order valence-electron chi connectivity index (χ3n) is 5.82. The number of nitrogens with zero attached hydrogens (tertiary/aromatic N) is 1. The smallest absolute Gasteiger partial charge is 0.331 e. The van der Waals surface area contributed by atoms with E-state index in [9.17, 15) is 19.5 Å². The quantitative estimate of drug-likeness (QED) is 0.811. The Hall–Kier alpha value is -2.95. The number of fused-ring (bicyclic) bond motifs is 2. The standard InChI is InChI=1S/C23H23NO4/c25-20(18-9-8-15-5-3-6-17(15)14-18)10-11-21(26)24-13-12-16-4-1-2-7-19(16)22(24)23(27)28/h1-2,4,7-9,14,22H,3,5-6,10-13H2,(H,27,28). The number of carbonyl (C=O) groups excluding carboxylic acids is 2. The Labute approximate surface area is 164 Å². The van der Waals surface area contributed by atoms with Crippen LogP contribution in [0.25, 0.3) is 0 Å². The monoisotopic (exact) mass is 377 g/mol. The summed E-state index contributed by atoms with van der Waals surface area (Å²) in [5.74, 6) is -1.38. The van der Waals surface area contributed by atoms with Crippen molar-refractivity contribution in [3.63, 3.8) is 0 Å². The van der Waals surface area contributed by atoms with Gasteiger partial charge in [-0.25, -0.2) is 4.79 Å². The molecule has 1 aliphatic carbocycles. The minimum absolute atomic E-state index is 0.0296. The number of hydrogen-bond acceptors (Lipinski definition) is 3. The minimum Gasteiger partial charge on any atom is -0.479 e. The van der Waals surface area contributed by atoms with Crippen LogP contribution in [0, 0.1) is 0 Å². The van der Waals surface area contributed by atoms with Crippen LogP contribution in [0.15, 0.2) is 42.5 Å². The number of benzene rings is 2. The van der Waals surface area contributed by atoms with Crippen molar-refractivity contribution >= 4 is 17.7 Å². The molecule has 0 spiro atoms. The van der Waals surface area contributed by atoms with Gasteiger partial charge in [-0.2, -0.15) is 0 Å². The molecule has 1 N–H and O–H groups in total. The fraction of sp³-hybridized carbons (Fsp3) is 0.348. The first-order valence-corrected chi connectivity index (χ1v) is 9.79. The summed E-state index contributed by atoms with van der Waals surface area (Å²) in [6.07, 6.45) is 3.95. The molecule has 1 amide bonds. The van der Waals surface area contributed by atoms with E-state index < -0.39 is 12.0 Å². The topological polar surface area (TPSA) is 74.7 Å². The van der Waals surface area contributed by atoms with E-state index in [-0.39, 0.29) is 24.5 Å². The Morgan fingerprint density at radius 3 is 2.54 bits per heavy atom. The maximum atomic E-state index is 12.8. The summed E-state index contributed by atoms with van der Waals surface area (Å²) in [5, 5.41) is 9.69. The molecular weight excluding hydrogens is 354 g/mol. The summed E-state index contributed by atoms with van der Waals surface area (Å²) in [6, 6.07) is 12.2. The first kappa shape index (κ1) is 18.4. The normalized spacial score (nSPS) is 17.7. The van der Waals surface area contributed by atoms with Crippen molar-refractivity contribution in [1.29, 1.82) is 0 Å². The molecule has 144 valence electrons. The van der Waals surface area contributed by atoms with E-state index in [1.807, 2.05) is 30.3 Å². The lowest BCUT2D eigenvalue weighted by Crippen LogP contribution is -2.43. The van der Waals surface area contributed by atoms with Gasteiger partial charge in [-0.15, -0.1) is 0 Å². The zero-order valence-corrected chi connectivity index (χ0v) is 15.7. The molecule has 1 heterocycles. The van der Waals surface area contributed by atoms with Gasteiger partial charge in [0.1, 0.15) is 0 Å². The average molecular weight is 377 g/mol. The SMILES string of the molecule is O=C(CCC(=O)N1CCc2ccccc2C1C(=O)O)c1ccc2c(c1)CCC2. The zero-order valence-electron chi connectivity index (χ0n) is 15.7. The molecule has 0 fully saturated rings. The van der Waals surface area contributed by atoms with Gasteiger partial charge in [0.25, 0.3) is 0 Å². The number of carbonyl (C=O) groups is 3. The van der Waals surface area contributed by atoms with Gasteiger partial charge in [-0.3, -0.25) is 9.59 Å². The molecular formula is C23H23NO4. The molecule has 1 atom stereocenters. The van der Waals surface area contributed by atoms with E-state index in [0.717, 1.165) is 24.8 Å². The molecule has 5 heteroatoms.